The molecule has 0 radical (unpaired) electrons. The number of esters is 1. The first-order valence-electron chi connectivity index (χ1n) is 6.78. The zero-order chi connectivity index (χ0) is 17.1. The second-order valence-electron chi connectivity index (χ2n) is 5.51. The lowest BCUT2D eigenvalue weighted by Crippen LogP contribution is -2.36. The van der Waals surface area contributed by atoms with Crippen LogP contribution in [-0.2, 0) is 14.9 Å². The summed E-state index contributed by atoms with van der Waals surface area (Å²) in [5.41, 5.74) is 4.43. The van der Waals surface area contributed by atoms with Crippen LogP contribution in [0.3, 0.4) is 0 Å². The highest BCUT2D eigenvalue weighted by molar-refractivity contribution is 9.10. The van der Waals surface area contributed by atoms with Gasteiger partial charge in [0.1, 0.15) is 0 Å². The minimum atomic E-state index is -4.39. The van der Waals surface area contributed by atoms with Gasteiger partial charge in [-0.25, -0.2) is 0 Å². The molecule has 1 atom stereocenters. The fourth-order valence-electron chi connectivity index (χ4n) is 1.87. The Bertz CT molecular complexity index is 544. The zero-order valence-electron chi connectivity index (χ0n) is 12.6. The molecule has 7 heteroatoms. The molecule has 0 aliphatic carbocycles. The molecule has 22 heavy (non-hydrogen) atoms. The quantitative estimate of drug-likeness (QED) is 0.775. The van der Waals surface area contributed by atoms with E-state index >= 15 is 0 Å². The maximum absolute atomic E-state index is 13.2. The molecule has 0 fully saturated rings. The Labute approximate surface area is 136 Å². The normalized spacial score (nSPS) is 13.8. The number of halogens is 4. The first-order chi connectivity index (χ1) is 9.99. The lowest BCUT2D eigenvalue weighted by atomic mass is 9.82. The lowest BCUT2D eigenvalue weighted by Gasteiger charge is -2.29. The van der Waals surface area contributed by atoms with E-state index in [-0.39, 0.29) is 18.6 Å². The van der Waals surface area contributed by atoms with Gasteiger partial charge in [0.15, 0.2) is 0 Å². The fraction of sp³-hybridized carbons (Fsp3) is 0.533. The predicted octanol–water partition coefficient (Wildman–Crippen LogP) is 4.24. The molecule has 1 rings (SSSR count). The number of rotatable bonds is 5. The summed E-state index contributed by atoms with van der Waals surface area (Å²) in [5.74, 6) is -0.480. The second-order valence-corrected chi connectivity index (χ2v) is 6.43. The Morgan fingerprint density at radius 3 is 2.41 bits per heavy atom. The van der Waals surface area contributed by atoms with Crippen molar-refractivity contribution in [2.24, 2.45) is 5.73 Å². The van der Waals surface area contributed by atoms with Crippen molar-refractivity contribution in [2.75, 3.05) is 6.61 Å². The van der Waals surface area contributed by atoms with Crippen molar-refractivity contribution in [3.05, 3.63) is 33.8 Å². The van der Waals surface area contributed by atoms with Crippen LogP contribution in [0, 0.1) is 0 Å². The van der Waals surface area contributed by atoms with E-state index < -0.39 is 23.6 Å². The molecule has 1 aromatic rings. The van der Waals surface area contributed by atoms with Crippen LogP contribution in [0.25, 0.3) is 0 Å². The molecule has 0 aliphatic heterocycles. The van der Waals surface area contributed by atoms with Gasteiger partial charge in [0, 0.05) is 10.5 Å². The van der Waals surface area contributed by atoms with Crippen molar-refractivity contribution in [1.29, 1.82) is 0 Å². The summed E-state index contributed by atoms with van der Waals surface area (Å²) in [5, 5.41) is 0. The molecule has 3 nitrogen and oxygen atoms in total. The highest BCUT2D eigenvalue weighted by atomic mass is 79.9. The second kappa shape index (κ2) is 7.00. The van der Waals surface area contributed by atoms with E-state index in [9.17, 15) is 18.0 Å². The van der Waals surface area contributed by atoms with Crippen molar-refractivity contribution in [1.82, 2.24) is 0 Å². The molecule has 2 N–H and O–H groups in total. The summed E-state index contributed by atoms with van der Waals surface area (Å²) in [6.45, 7) is 4.12. The largest absolute Gasteiger partial charge is 0.466 e. The number of carbonyl (C=O) groups excluding carboxylic acids is 1. The molecule has 0 unspecified atom stereocenters. The molecule has 0 aliphatic rings. The highest BCUT2D eigenvalue weighted by Crippen LogP contribution is 2.41. The van der Waals surface area contributed by atoms with Crippen molar-refractivity contribution >= 4 is 21.9 Å². The fourth-order valence-corrected chi connectivity index (χ4v) is 2.38. The highest BCUT2D eigenvalue weighted by Gasteiger charge is 2.48. The summed E-state index contributed by atoms with van der Waals surface area (Å²) in [6, 6.07) is 3.69. The van der Waals surface area contributed by atoms with Gasteiger partial charge in [0.2, 0.25) is 0 Å². The van der Waals surface area contributed by atoms with E-state index in [1.165, 1.54) is 12.1 Å². The molecule has 0 heterocycles. The Kier molecular flexibility index (Phi) is 6.03. The van der Waals surface area contributed by atoms with Gasteiger partial charge in [-0.05, 0) is 44.0 Å². The minimum absolute atomic E-state index is 0.0867. The van der Waals surface area contributed by atoms with Gasteiger partial charge < -0.3 is 10.5 Å². The number of ether oxygens (including phenoxy) is 1. The molecule has 0 saturated carbocycles. The van der Waals surface area contributed by atoms with Gasteiger partial charge in [-0.3, -0.25) is 4.79 Å². The summed E-state index contributed by atoms with van der Waals surface area (Å²) in [4.78, 5) is 11.5. The summed E-state index contributed by atoms with van der Waals surface area (Å²) in [7, 11) is 0. The molecule has 0 bridgehead atoms. The van der Waals surface area contributed by atoms with Gasteiger partial charge in [0.05, 0.1) is 18.4 Å². The third kappa shape index (κ3) is 4.46. The van der Waals surface area contributed by atoms with Gasteiger partial charge in [-0.1, -0.05) is 22.0 Å². The van der Waals surface area contributed by atoms with Crippen LogP contribution in [0.2, 0.25) is 0 Å². The standard InChI is InChI=1S/C15H19BrF3NO2/c1-4-22-13(21)8-12(20)9-5-10(7-11(16)6-9)14(2,3)15(17,18)19/h5-7,12H,4,8,20H2,1-3H3/t12-/m0/s1. The first-order valence-corrected chi connectivity index (χ1v) is 7.57. The Balaban J connectivity index is 3.12. The van der Waals surface area contributed by atoms with E-state index in [1.807, 2.05) is 0 Å². The number of hydrogen-bond donors (Lipinski definition) is 1. The van der Waals surface area contributed by atoms with Crippen LogP contribution in [0.4, 0.5) is 13.2 Å². The molecular formula is C15H19BrF3NO2. The number of hydrogen-bond acceptors (Lipinski definition) is 3. The zero-order valence-corrected chi connectivity index (χ0v) is 14.2. The lowest BCUT2D eigenvalue weighted by molar-refractivity contribution is -0.180. The number of benzene rings is 1. The number of nitrogens with two attached hydrogens (primary N) is 1. The van der Waals surface area contributed by atoms with E-state index in [0.717, 1.165) is 13.8 Å². The van der Waals surface area contributed by atoms with Gasteiger partial charge >= 0.3 is 12.1 Å². The van der Waals surface area contributed by atoms with Crippen LogP contribution in [0.15, 0.2) is 22.7 Å². The third-order valence-electron chi connectivity index (χ3n) is 3.47. The van der Waals surface area contributed by atoms with Crippen LogP contribution in [0.5, 0.6) is 0 Å². The van der Waals surface area contributed by atoms with Gasteiger partial charge in [-0.2, -0.15) is 13.2 Å². The Morgan fingerprint density at radius 2 is 1.91 bits per heavy atom. The maximum atomic E-state index is 13.2. The first kappa shape index (κ1) is 19.0. The van der Waals surface area contributed by atoms with Crippen LogP contribution in [-0.4, -0.2) is 18.8 Å². The van der Waals surface area contributed by atoms with Crippen molar-refractivity contribution in [3.63, 3.8) is 0 Å². The summed E-state index contributed by atoms with van der Waals surface area (Å²) in [6.07, 6.45) is -4.48. The van der Waals surface area contributed by atoms with Gasteiger partial charge in [-0.15, -0.1) is 0 Å². The van der Waals surface area contributed by atoms with Crippen LogP contribution >= 0.6 is 15.9 Å². The molecule has 124 valence electrons. The summed E-state index contributed by atoms with van der Waals surface area (Å²) < 4.78 is 44.8. The minimum Gasteiger partial charge on any atom is -0.466 e. The van der Waals surface area contributed by atoms with Crippen molar-refractivity contribution in [2.45, 2.75) is 44.8 Å². The summed E-state index contributed by atoms with van der Waals surface area (Å²) >= 11 is 3.20. The van der Waals surface area contributed by atoms with E-state index in [2.05, 4.69) is 15.9 Å². The van der Waals surface area contributed by atoms with Crippen molar-refractivity contribution in [3.8, 4) is 0 Å². The average molecular weight is 382 g/mol. The molecule has 0 aromatic heterocycles. The Morgan fingerprint density at radius 1 is 1.32 bits per heavy atom. The molecular weight excluding hydrogens is 363 g/mol. The topological polar surface area (TPSA) is 52.3 Å². The third-order valence-corrected chi connectivity index (χ3v) is 3.93. The maximum Gasteiger partial charge on any atom is 0.397 e. The molecule has 0 saturated heterocycles. The number of carbonyl (C=O) groups is 1. The van der Waals surface area contributed by atoms with E-state index in [4.69, 9.17) is 10.5 Å². The molecule has 0 amide bonds. The SMILES string of the molecule is CCOC(=O)C[C@H](N)c1cc(Br)cc(C(C)(C)C(F)(F)F)c1. The average Bonchev–Trinajstić information content (AvgIpc) is 2.36. The molecule has 1 aromatic carbocycles. The monoisotopic (exact) mass is 381 g/mol. The van der Waals surface area contributed by atoms with E-state index in [1.54, 1.807) is 13.0 Å². The van der Waals surface area contributed by atoms with Crippen LogP contribution < -0.4 is 5.73 Å². The Hall–Kier alpha value is -1.08. The molecule has 0 spiro atoms. The van der Waals surface area contributed by atoms with Crippen molar-refractivity contribution < 1.29 is 22.7 Å². The predicted molar refractivity (Wildman–Crippen MR) is 81.4 cm³/mol. The smallest absolute Gasteiger partial charge is 0.397 e. The van der Waals surface area contributed by atoms with Gasteiger partial charge in [0.25, 0.3) is 0 Å². The van der Waals surface area contributed by atoms with Crippen LogP contribution in [0.1, 0.15) is 44.4 Å². The van der Waals surface area contributed by atoms with E-state index in [0.29, 0.717) is 10.0 Å². The number of alkyl halides is 3.